The quantitative estimate of drug-likeness (QED) is 0.686. The molecule has 148 valence electrons. The van der Waals surface area contributed by atoms with Gasteiger partial charge in [-0.15, -0.1) is 0 Å². The Morgan fingerprint density at radius 1 is 1.14 bits per heavy atom. The number of fused-ring (bicyclic) bond motifs is 1. The molecule has 0 unspecified atom stereocenters. The maximum absolute atomic E-state index is 13.1. The van der Waals surface area contributed by atoms with E-state index in [-0.39, 0.29) is 11.7 Å². The van der Waals surface area contributed by atoms with Crippen molar-refractivity contribution in [3.63, 3.8) is 0 Å². The molecular formula is C22H22FN5O. The van der Waals surface area contributed by atoms with Crippen molar-refractivity contribution < 1.29 is 9.18 Å². The molecule has 1 saturated heterocycles. The molecule has 29 heavy (non-hydrogen) atoms. The monoisotopic (exact) mass is 391 g/mol. The first-order valence-corrected chi connectivity index (χ1v) is 9.68. The van der Waals surface area contributed by atoms with E-state index in [1.165, 1.54) is 12.1 Å². The van der Waals surface area contributed by atoms with E-state index in [4.69, 9.17) is 5.26 Å². The first-order valence-electron chi connectivity index (χ1n) is 9.68. The van der Waals surface area contributed by atoms with E-state index in [2.05, 4.69) is 16.1 Å². The zero-order valence-corrected chi connectivity index (χ0v) is 16.3. The van der Waals surface area contributed by atoms with E-state index in [0.717, 1.165) is 37.0 Å². The van der Waals surface area contributed by atoms with Crippen LogP contribution in [0.2, 0.25) is 0 Å². The van der Waals surface area contributed by atoms with Gasteiger partial charge in [-0.2, -0.15) is 10.4 Å². The molecule has 7 heteroatoms. The summed E-state index contributed by atoms with van der Waals surface area (Å²) in [7, 11) is 1.76. The van der Waals surface area contributed by atoms with Crippen LogP contribution in [0.15, 0.2) is 42.5 Å². The summed E-state index contributed by atoms with van der Waals surface area (Å²) >= 11 is 0. The lowest BCUT2D eigenvalue weighted by molar-refractivity contribution is 0.0629. The van der Waals surface area contributed by atoms with Crippen LogP contribution in [-0.4, -0.2) is 58.2 Å². The molecule has 0 spiro atoms. The van der Waals surface area contributed by atoms with Crippen molar-refractivity contribution in [2.24, 2.45) is 7.05 Å². The number of piperazine rings is 1. The third-order valence-corrected chi connectivity index (χ3v) is 5.46. The number of carbonyl (C=O) groups excluding carboxylic acids is 1. The van der Waals surface area contributed by atoms with Gasteiger partial charge in [0.1, 0.15) is 11.5 Å². The van der Waals surface area contributed by atoms with Crippen molar-refractivity contribution >= 4 is 16.8 Å². The molecule has 0 aliphatic carbocycles. The number of rotatable bonds is 4. The molecule has 1 fully saturated rings. The normalized spacial score (nSPS) is 14.9. The SMILES string of the molecule is Cn1nc2cc(C#N)ccc2c1C(=O)N1CCN(CCc2ccc(F)cc2)CC1. The summed E-state index contributed by atoms with van der Waals surface area (Å²) in [5, 5.41) is 14.2. The smallest absolute Gasteiger partial charge is 0.272 e. The van der Waals surface area contributed by atoms with Gasteiger partial charge in [-0.05, 0) is 42.3 Å². The van der Waals surface area contributed by atoms with Gasteiger partial charge >= 0.3 is 0 Å². The fraction of sp³-hybridized carbons (Fsp3) is 0.318. The molecule has 6 nitrogen and oxygen atoms in total. The van der Waals surface area contributed by atoms with Gasteiger partial charge in [-0.1, -0.05) is 12.1 Å². The molecule has 0 radical (unpaired) electrons. The van der Waals surface area contributed by atoms with Gasteiger partial charge < -0.3 is 4.90 Å². The Kier molecular flexibility index (Phi) is 5.28. The number of aromatic nitrogens is 2. The Morgan fingerprint density at radius 3 is 2.55 bits per heavy atom. The van der Waals surface area contributed by atoms with Gasteiger partial charge in [0.15, 0.2) is 0 Å². The van der Waals surface area contributed by atoms with Crippen LogP contribution in [0.3, 0.4) is 0 Å². The molecule has 1 aliphatic heterocycles. The Balaban J connectivity index is 1.39. The molecular weight excluding hydrogens is 369 g/mol. The topological polar surface area (TPSA) is 65.2 Å². The molecule has 0 saturated carbocycles. The number of aryl methyl sites for hydroxylation is 1. The van der Waals surface area contributed by atoms with E-state index < -0.39 is 0 Å². The van der Waals surface area contributed by atoms with Crippen LogP contribution in [0.5, 0.6) is 0 Å². The highest BCUT2D eigenvalue weighted by atomic mass is 19.1. The fourth-order valence-corrected chi connectivity index (χ4v) is 3.79. The number of hydrogen-bond donors (Lipinski definition) is 0. The van der Waals surface area contributed by atoms with E-state index >= 15 is 0 Å². The minimum absolute atomic E-state index is 0.0297. The van der Waals surface area contributed by atoms with Crippen LogP contribution >= 0.6 is 0 Å². The van der Waals surface area contributed by atoms with Crippen molar-refractivity contribution in [3.05, 3.63) is 65.1 Å². The third kappa shape index (κ3) is 3.98. The second-order valence-corrected chi connectivity index (χ2v) is 7.33. The number of halogens is 1. The van der Waals surface area contributed by atoms with E-state index in [1.54, 1.807) is 29.9 Å². The number of carbonyl (C=O) groups is 1. The summed E-state index contributed by atoms with van der Waals surface area (Å²) in [6.07, 6.45) is 0.863. The Bertz CT molecular complexity index is 1080. The Labute approximate surface area is 168 Å². The molecule has 3 aromatic rings. The lowest BCUT2D eigenvalue weighted by Crippen LogP contribution is -2.49. The average molecular weight is 391 g/mol. The highest BCUT2D eigenvalue weighted by molar-refractivity contribution is 6.05. The summed E-state index contributed by atoms with van der Waals surface area (Å²) in [6.45, 7) is 3.82. The molecule has 0 bridgehead atoms. The number of nitrogens with zero attached hydrogens (tertiary/aromatic N) is 5. The van der Waals surface area contributed by atoms with Crippen LogP contribution < -0.4 is 0 Å². The first-order chi connectivity index (χ1) is 14.0. The average Bonchev–Trinajstić information content (AvgIpc) is 3.08. The zero-order valence-electron chi connectivity index (χ0n) is 16.3. The largest absolute Gasteiger partial charge is 0.335 e. The minimum Gasteiger partial charge on any atom is -0.335 e. The predicted molar refractivity (Wildman–Crippen MR) is 108 cm³/mol. The zero-order chi connectivity index (χ0) is 20.4. The third-order valence-electron chi connectivity index (χ3n) is 5.46. The summed E-state index contributed by atoms with van der Waals surface area (Å²) in [5.74, 6) is -0.245. The Morgan fingerprint density at radius 2 is 1.86 bits per heavy atom. The van der Waals surface area contributed by atoms with Gasteiger partial charge in [0, 0.05) is 45.2 Å². The van der Waals surface area contributed by atoms with Gasteiger partial charge in [-0.3, -0.25) is 14.4 Å². The molecule has 1 amide bonds. The van der Waals surface area contributed by atoms with Gasteiger partial charge in [-0.25, -0.2) is 4.39 Å². The van der Waals surface area contributed by atoms with Crippen LogP contribution in [0, 0.1) is 17.1 Å². The number of nitriles is 1. The molecule has 0 N–H and O–H groups in total. The van der Waals surface area contributed by atoms with Crippen molar-refractivity contribution in [2.45, 2.75) is 6.42 Å². The standard InChI is InChI=1S/C22H22FN5O/c1-26-21(19-7-4-17(15-24)14-20(19)25-26)22(29)28-12-10-27(11-13-28)9-8-16-2-5-18(23)6-3-16/h2-7,14H,8-13H2,1H3. The van der Waals surface area contributed by atoms with Gasteiger partial charge in [0.05, 0.1) is 17.1 Å². The van der Waals surface area contributed by atoms with Gasteiger partial charge in [0.2, 0.25) is 0 Å². The molecule has 1 aliphatic rings. The van der Waals surface area contributed by atoms with Gasteiger partial charge in [0.25, 0.3) is 5.91 Å². The van der Waals surface area contributed by atoms with Crippen molar-refractivity contribution in [1.82, 2.24) is 19.6 Å². The summed E-state index contributed by atoms with van der Waals surface area (Å²) in [5.41, 5.74) is 2.87. The second kappa shape index (κ2) is 8.02. The predicted octanol–water partition coefficient (Wildman–Crippen LogP) is 2.58. The molecule has 0 atom stereocenters. The second-order valence-electron chi connectivity index (χ2n) is 7.33. The first kappa shape index (κ1) is 19.1. The van der Waals surface area contributed by atoms with Crippen LogP contribution in [0.4, 0.5) is 4.39 Å². The van der Waals surface area contributed by atoms with Crippen molar-refractivity contribution in [1.29, 1.82) is 5.26 Å². The van der Waals surface area contributed by atoms with E-state index in [0.29, 0.717) is 29.9 Å². The summed E-state index contributed by atoms with van der Waals surface area (Å²) in [6, 6.07) is 13.9. The van der Waals surface area contributed by atoms with E-state index in [9.17, 15) is 9.18 Å². The molecule has 2 heterocycles. The van der Waals surface area contributed by atoms with Crippen molar-refractivity contribution in [3.8, 4) is 6.07 Å². The van der Waals surface area contributed by atoms with Crippen molar-refractivity contribution in [2.75, 3.05) is 32.7 Å². The summed E-state index contributed by atoms with van der Waals surface area (Å²) < 4.78 is 14.6. The fourth-order valence-electron chi connectivity index (χ4n) is 3.79. The molecule has 4 rings (SSSR count). The maximum Gasteiger partial charge on any atom is 0.272 e. The molecule has 2 aromatic carbocycles. The Hall–Kier alpha value is -3.24. The lowest BCUT2D eigenvalue weighted by atomic mass is 10.1. The highest BCUT2D eigenvalue weighted by Crippen LogP contribution is 2.21. The van der Waals surface area contributed by atoms with Crippen LogP contribution in [-0.2, 0) is 13.5 Å². The number of amides is 1. The van der Waals surface area contributed by atoms with E-state index in [1.807, 2.05) is 17.0 Å². The lowest BCUT2D eigenvalue weighted by Gasteiger charge is -2.34. The number of benzene rings is 2. The van der Waals surface area contributed by atoms with Crippen LogP contribution in [0.1, 0.15) is 21.6 Å². The highest BCUT2D eigenvalue weighted by Gasteiger charge is 2.26. The molecule has 1 aromatic heterocycles. The summed E-state index contributed by atoms with van der Waals surface area (Å²) in [4.78, 5) is 17.3. The van der Waals surface area contributed by atoms with Crippen LogP contribution in [0.25, 0.3) is 10.9 Å². The number of hydrogen-bond acceptors (Lipinski definition) is 4. The minimum atomic E-state index is -0.215. The maximum atomic E-state index is 13.1.